The highest BCUT2D eigenvalue weighted by molar-refractivity contribution is 5.94. The van der Waals surface area contributed by atoms with Gasteiger partial charge in [0.15, 0.2) is 0 Å². The summed E-state index contributed by atoms with van der Waals surface area (Å²) in [6.45, 7) is 2.21. The summed E-state index contributed by atoms with van der Waals surface area (Å²) in [5.41, 5.74) is 1.05. The van der Waals surface area contributed by atoms with E-state index >= 15 is 0 Å². The van der Waals surface area contributed by atoms with E-state index in [1.165, 1.54) is 31.7 Å². The standard InChI is InChI=1S/C22H27NO3/c1-2-3-4-5-6-7-14-22(24)15-8-9-19-20-16-18(23(25)26)12-10-17(20)11-13-21(19)22/h8-13,16,24H,2-7,14-15H2,1H3. The second kappa shape index (κ2) is 8.00. The van der Waals surface area contributed by atoms with Gasteiger partial charge in [0.25, 0.3) is 5.69 Å². The Morgan fingerprint density at radius 1 is 1.12 bits per heavy atom. The molecule has 0 aromatic heterocycles. The second-order valence-electron chi connectivity index (χ2n) is 7.35. The predicted molar refractivity (Wildman–Crippen MR) is 106 cm³/mol. The van der Waals surface area contributed by atoms with Crippen molar-refractivity contribution in [3.05, 3.63) is 57.6 Å². The first kappa shape index (κ1) is 18.6. The first-order chi connectivity index (χ1) is 12.5. The molecule has 1 atom stereocenters. The minimum Gasteiger partial charge on any atom is -0.385 e. The number of aliphatic hydroxyl groups is 1. The zero-order valence-corrected chi connectivity index (χ0v) is 15.4. The minimum absolute atomic E-state index is 0.0873. The van der Waals surface area contributed by atoms with Crippen molar-refractivity contribution in [3.8, 4) is 0 Å². The maximum Gasteiger partial charge on any atom is 0.270 e. The van der Waals surface area contributed by atoms with Gasteiger partial charge in [-0.05, 0) is 40.8 Å². The number of nitro benzene ring substituents is 1. The number of hydrogen-bond acceptors (Lipinski definition) is 3. The number of nitrogens with zero attached hydrogens (tertiary/aromatic N) is 1. The summed E-state index contributed by atoms with van der Waals surface area (Å²) < 4.78 is 0. The Hall–Kier alpha value is -2.20. The summed E-state index contributed by atoms with van der Waals surface area (Å²) >= 11 is 0. The van der Waals surface area contributed by atoms with E-state index in [0.29, 0.717) is 6.42 Å². The Morgan fingerprint density at radius 2 is 1.85 bits per heavy atom. The quantitative estimate of drug-likeness (QED) is 0.354. The molecular weight excluding hydrogens is 326 g/mol. The van der Waals surface area contributed by atoms with Gasteiger partial charge in [0.05, 0.1) is 10.5 Å². The highest BCUT2D eigenvalue weighted by atomic mass is 16.6. The number of non-ortho nitro benzene ring substituents is 1. The van der Waals surface area contributed by atoms with Crippen LogP contribution in [-0.4, -0.2) is 10.0 Å². The SMILES string of the molecule is CCCCCCCCC1(O)CC=Cc2c1ccc1ccc([N+](=O)[O-])cc21. The fraction of sp³-hybridized carbons (Fsp3) is 0.455. The zero-order chi connectivity index (χ0) is 18.6. The molecule has 0 heterocycles. The van der Waals surface area contributed by atoms with Crippen LogP contribution < -0.4 is 0 Å². The van der Waals surface area contributed by atoms with Gasteiger partial charge in [-0.15, -0.1) is 0 Å². The van der Waals surface area contributed by atoms with Gasteiger partial charge in [0.2, 0.25) is 0 Å². The van der Waals surface area contributed by atoms with Gasteiger partial charge in [0, 0.05) is 12.1 Å². The molecule has 4 heteroatoms. The van der Waals surface area contributed by atoms with Crippen molar-refractivity contribution >= 4 is 22.5 Å². The van der Waals surface area contributed by atoms with Crippen LogP contribution in [0.15, 0.2) is 36.4 Å². The topological polar surface area (TPSA) is 63.4 Å². The molecule has 2 aromatic carbocycles. The maximum atomic E-state index is 11.3. The lowest BCUT2D eigenvalue weighted by Gasteiger charge is -2.32. The molecule has 0 saturated carbocycles. The molecule has 26 heavy (non-hydrogen) atoms. The van der Waals surface area contributed by atoms with Gasteiger partial charge in [-0.1, -0.05) is 69.7 Å². The molecule has 1 unspecified atom stereocenters. The molecule has 0 amide bonds. The van der Waals surface area contributed by atoms with Crippen LogP contribution in [-0.2, 0) is 5.60 Å². The van der Waals surface area contributed by atoms with Crippen LogP contribution in [0.1, 0.15) is 69.4 Å². The monoisotopic (exact) mass is 353 g/mol. The summed E-state index contributed by atoms with van der Waals surface area (Å²) in [6, 6.07) is 8.88. The third-order valence-corrected chi connectivity index (χ3v) is 5.44. The van der Waals surface area contributed by atoms with E-state index in [1.54, 1.807) is 12.1 Å². The Bertz CT molecular complexity index is 827. The van der Waals surface area contributed by atoms with Crippen LogP contribution in [0.3, 0.4) is 0 Å². The Balaban J connectivity index is 1.84. The molecule has 138 valence electrons. The molecule has 0 saturated heterocycles. The Labute approximate surface area is 154 Å². The van der Waals surface area contributed by atoms with Gasteiger partial charge in [-0.3, -0.25) is 10.1 Å². The van der Waals surface area contributed by atoms with Crippen LogP contribution in [0.4, 0.5) is 5.69 Å². The fourth-order valence-electron chi connectivity index (χ4n) is 3.95. The summed E-state index contributed by atoms with van der Waals surface area (Å²) in [4.78, 5) is 10.8. The first-order valence-corrected chi connectivity index (χ1v) is 9.66. The third-order valence-electron chi connectivity index (χ3n) is 5.44. The average Bonchev–Trinajstić information content (AvgIpc) is 2.64. The number of fused-ring (bicyclic) bond motifs is 3. The van der Waals surface area contributed by atoms with E-state index in [-0.39, 0.29) is 10.6 Å². The lowest BCUT2D eigenvalue weighted by atomic mass is 9.78. The molecule has 0 bridgehead atoms. The van der Waals surface area contributed by atoms with Crippen molar-refractivity contribution in [1.82, 2.24) is 0 Å². The molecule has 0 aliphatic heterocycles. The van der Waals surface area contributed by atoms with E-state index in [1.807, 2.05) is 24.3 Å². The van der Waals surface area contributed by atoms with Crippen LogP contribution in [0, 0.1) is 10.1 Å². The number of unbranched alkanes of at least 4 members (excludes halogenated alkanes) is 5. The van der Waals surface area contributed by atoms with E-state index in [9.17, 15) is 15.2 Å². The van der Waals surface area contributed by atoms with Crippen molar-refractivity contribution in [3.63, 3.8) is 0 Å². The smallest absolute Gasteiger partial charge is 0.270 e. The van der Waals surface area contributed by atoms with Crippen molar-refractivity contribution in [2.75, 3.05) is 0 Å². The number of benzene rings is 2. The van der Waals surface area contributed by atoms with Gasteiger partial charge in [0.1, 0.15) is 0 Å². The zero-order valence-electron chi connectivity index (χ0n) is 15.4. The number of nitro groups is 1. The predicted octanol–water partition coefficient (Wildman–Crippen LogP) is 6.10. The lowest BCUT2D eigenvalue weighted by Crippen LogP contribution is -2.28. The van der Waals surface area contributed by atoms with Crippen LogP contribution in [0.5, 0.6) is 0 Å². The van der Waals surface area contributed by atoms with Gasteiger partial charge in [-0.25, -0.2) is 0 Å². The normalized spacial score (nSPS) is 18.8. The molecular formula is C22H27NO3. The lowest BCUT2D eigenvalue weighted by molar-refractivity contribution is -0.384. The first-order valence-electron chi connectivity index (χ1n) is 9.66. The summed E-state index contributed by atoms with van der Waals surface area (Å²) in [7, 11) is 0. The molecule has 0 fully saturated rings. The van der Waals surface area contributed by atoms with Crippen LogP contribution in [0.25, 0.3) is 16.8 Å². The summed E-state index contributed by atoms with van der Waals surface area (Å²) in [5, 5.41) is 24.2. The van der Waals surface area contributed by atoms with Crippen molar-refractivity contribution < 1.29 is 10.0 Å². The number of hydrogen-bond donors (Lipinski definition) is 1. The van der Waals surface area contributed by atoms with E-state index in [0.717, 1.165) is 41.2 Å². The largest absolute Gasteiger partial charge is 0.385 e. The molecule has 1 aliphatic rings. The van der Waals surface area contributed by atoms with Gasteiger partial charge < -0.3 is 5.11 Å². The van der Waals surface area contributed by atoms with E-state index < -0.39 is 5.60 Å². The number of rotatable bonds is 8. The maximum absolute atomic E-state index is 11.3. The molecule has 0 spiro atoms. The molecule has 4 nitrogen and oxygen atoms in total. The molecule has 0 radical (unpaired) electrons. The van der Waals surface area contributed by atoms with E-state index in [4.69, 9.17) is 0 Å². The molecule has 1 N–H and O–H groups in total. The average molecular weight is 353 g/mol. The van der Waals surface area contributed by atoms with Crippen LogP contribution >= 0.6 is 0 Å². The molecule has 2 aromatic rings. The molecule has 3 rings (SSSR count). The van der Waals surface area contributed by atoms with Crippen molar-refractivity contribution in [1.29, 1.82) is 0 Å². The second-order valence-corrected chi connectivity index (χ2v) is 7.35. The summed E-state index contributed by atoms with van der Waals surface area (Å²) in [5.74, 6) is 0. The van der Waals surface area contributed by atoms with Crippen LogP contribution in [0.2, 0.25) is 0 Å². The van der Waals surface area contributed by atoms with Crippen molar-refractivity contribution in [2.45, 2.75) is 63.9 Å². The minimum atomic E-state index is -0.867. The van der Waals surface area contributed by atoms with Crippen molar-refractivity contribution in [2.24, 2.45) is 0 Å². The summed E-state index contributed by atoms with van der Waals surface area (Å²) in [6.07, 6.45) is 12.5. The Morgan fingerprint density at radius 3 is 2.62 bits per heavy atom. The van der Waals surface area contributed by atoms with E-state index in [2.05, 4.69) is 6.92 Å². The fourth-order valence-corrected chi connectivity index (χ4v) is 3.95. The highest BCUT2D eigenvalue weighted by Gasteiger charge is 2.32. The third kappa shape index (κ3) is 3.80. The molecule has 1 aliphatic carbocycles. The highest BCUT2D eigenvalue weighted by Crippen LogP contribution is 2.41. The van der Waals surface area contributed by atoms with Gasteiger partial charge >= 0.3 is 0 Å². The van der Waals surface area contributed by atoms with Gasteiger partial charge in [-0.2, -0.15) is 0 Å². The Kier molecular flexibility index (Phi) is 5.72.